The average molecular weight is 365 g/mol. The van der Waals surface area contributed by atoms with Crippen molar-refractivity contribution in [1.29, 1.82) is 0 Å². The van der Waals surface area contributed by atoms with Crippen molar-refractivity contribution in [3.05, 3.63) is 29.3 Å². The molecule has 0 radical (unpaired) electrons. The maximum atomic E-state index is 14.2. The first-order valence-electron chi connectivity index (χ1n) is 7.82. The topological polar surface area (TPSA) is 50.8 Å². The van der Waals surface area contributed by atoms with Gasteiger partial charge in [-0.25, -0.2) is 13.6 Å². The molecule has 1 unspecified atom stereocenters. The summed E-state index contributed by atoms with van der Waals surface area (Å²) in [5.74, 6) is -1.63. The van der Waals surface area contributed by atoms with Gasteiger partial charge < -0.3 is 19.7 Å². The van der Waals surface area contributed by atoms with Crippen LogP contribution in [0.2, 0.25) is 0 Å². The van der Waals surface area contributed by atoms with E-state index < -0.39 is 24.3 Å². The number of nitrogens with one attached hydrogen (secondary N) is 1. The summed E-state index contributed by atoms with van der Waals surface area (Å²) in [5.41, 5.74) is -0.299. The Hall–Kier alpha value is -1.60. The maximum absolute atomic E-state index is 14.2. The molecule has 0 bridgehead atoms. The molecular weight excluding hydrogens is 342 g/mol. The summed E-state index contributed by atoms with van der Waals surface area (Å²) in [7, 11) is 0. The molecule has 1 aliphatic heterocycles. The van der Waals surface area contributed by atoms with E-state index in [-0.39, 0.29) is 36.4 Å². The fourth-order valence-electron chi connectivity index (χ4n) is 2.56. The van der Waals surface area contributed by atoms with Gasteiger partial charge in [-0.15, -0.1) is 12.4 Å². The van der Waals surface area contributed by atoms with Crippen molar-refractivity contribution >= 4 is 18.5 Å². The molecule has 24 heavy (non-hydrogen) atoms. The van der Waals surface area contributed by atoms with Crippen molar-refractivity contribution < 1.29 is 23.0 Å². The fraction of sp³-hybridized carbons (Fsp3) is 0.562. The molecule has 0 spiro atoms. The molecule has 1 amide bonds. The third-order valence-electron chi connectivity index (χ3n) is 3.85. The summed E-state index contributed by atoms with van der Waals surface area (Å²) in [6.07, 6.45) is 0.226. The van der Waals surface area contributed by atoms with Crippen LogP contribution in [0.1, 0.15) is 25.8 Å². The predicted octanol–water partition coefficient (Wildman–Crippen LogP) is 3.11. The molecule has 5 nitrogen and oxygen atoms in total. The van der Waals surface area contributed by atoms with Gasteiger partial charge in [0, 0.05) is 25.7 Å². The Bertz CT molecular complexity index is 560. The van der Waals surface area contributed by atoms with Crippen molar-refractivity contribution in [3.63, 3.8) is 0 Å². The van der Waals surface area contributed by atoms with Crippen molar-refractivity contribution in [2.24, 2.45) is 0 Å². The molecule has 1 N–H and O–H groups in total. The van der Waals surface area contributed by atoms with Gasteiger partial charge in [-0.1, -0.05) is 6.92 Å². The second-order valence-corrected chi connectivity index (χ2v) is 5.29. The summed E-state index contributed by atoms with van der Waals surface area (Å²) in [4.78, 5) is 13.8. The van der Waals surface area contributed by atoms with E-state index in [2.05, 4.69) is 5.32 Å². The van der Waals surface area contributed by atoms with E-state index in [1.54, 1.807) is 11.8 Å². The smallest absolute Gasteiger partial charge is 0.410 e. The van der Waals surface area contributed by atoms with Gasteiger partial charge >= 0.3 is 6.09 Å². The minimum atomic E-state index is -0.827. The molecule has 1 aromatic carbocycles. The van der Waals surface area contributed by atoms with Gasteiger partial charge in [-0.05, 0) is 25.5 Å². The van der Waals surface area contributed by atoms with Crippen LogP contribution < -0.4 is 10.1 Å². The number of amides is 1. The van der Waals surface area contributed by atoms with Crippen LogP contribution in [-0.4, -0.2) is 43.3 Å². The number of carbonyl (C=O) groups is 1. The van der Waals surface area contributed by atoms with E-state index in [1.165, 1.54) is 6.07 Å². The van der Waals surface area contributed by atoms with Crippen LogP contribution in [-0.2, 0) is 11.3 Å². The lowest BCUT2D eigenvalue weighted by molar-refractivity contribution is 0.0697. The standard InChI is InChI=1S/C16H22F2N2O3.ClH/c1-3-11-9-19-7-8-20(11)16(21)23-10-12-13(17)5-6-14(15(12)18)22-4-2;/h5-6,11,19H,3-4,7-10H2,1-2H3;1H. The van der Waals surface area contributed by atoms with Crippen LogP contribution in [0.5, 0.6) is 5.75 Å². The summed E-state index contributed by atoms with van der Waals surface area (Å²) >= 11 is 0. The molecule has 136 valence electrons. The number of nitrogens with zero attached hydrogens (tertiary/aromatic N) is 1. The molecule has 1 atom stereocenters. The summed E-state index contributed by atoms with van der Waals surface area (Å²) in [6, 6.07) is 2.36. The quantitative estimate of drug-likeness (QED) is 0.872. The van der Waals surface area contributed by atoms with E-state index in [4.69, 9.17) is 9.47 Å². The van der Waals surface area contributed by atoms with Crippen LogP contribution in [0.15, 0.2) is 12.1 Å². The SMILES string of the molecule is CCOc1ccc(F)c(COC(=O)N2CCNCC2CC)c1F.Cl. The number of piperazine rings is 1. The second kappa shape index (κ2) is 9.64. The lowest BCUT2D eigenvalue weighted by atomic mass is 10.1. The summed E-state index contributed by atoms with van der Waals surface area (Å²) in [5, 5.41) is 3.20. The van der Waals surface area contributed by atoms with Gasteiger partial charge in [0.1, 0.15) is 12.4 Å². The van der Waals surface area contributed by atoms with Crippen LogP contribution >= 0.6 is 12.4 Å². The van der Waals surface area contributed by atoms with E-state index in [1.807, 2.05) is 6.92 Å². The zero-order chi connectivity index (χ0) is 16.8. The van der Waals surface area contributed by atoms with E-state index in [9.17, 15) is 13.6 Å². The molecule has 1 fully saturated rings. The highest BCUT2D eigenvalue weighted by atomic mass is 35.5. The third-order valence-corrected chi connectivity index (χ3v) is 3.85. The highest BCUT2D eigenvalue weighted by Gasteiger charge is 2.27. The van der Waals surface area contributed by atoms with Crippen molar-refractivity contribution in [2.75, 3.05) is 26.2 Å². The largest absolute Gasteiger partial charge is 0.491 e. The van der Waals surface area contributed by atoms with Gasteiger partial charge in [0.15, 0.2) is 11.6 Å². The molecule has 1 aromatic rings. The Morgan fingerprint density at radius 3 is 2.79 bits per heavy atom. The molecule has 0 saturated carbocycles. The van der Waals surface area contributed by atoms with Gasteiger partial charge in [0.05, 0.1) is 12.2 Å². The molecule has 1 saturated heterocycles. The fourth-order valence-corrected chi connectivity index (χ4v) is 2.56. The molecule has 0 aliphatic carbocycles. The minimum Gasteiger partial charge on any atom is -0.491 e. The normalized spacial score (nSPS) is 17.2. The molecular formula is C16H23ClF2N2O3. The first kappa shape index (κ1) is 20.4. The number of carbonyl (C=O) groups excluding carboxylic acids is 1. The summed E-state index contributed by atoms with van der Waals surface area (Å²) < 4.78 is 38.2. The monoisotopic (exact) mass is 364 g/mol. The number of rotatable bonds is 5. The first-order valence-corrected chi connectivity index (χ1v) is 7.82. The third kappa shape index (κ3) is 4.70. The molecule has 8 heteroatoms. The molecule has 1 aliphatic rings. The van der Waals surface area contributed by atoms with Crippen LogP contribution in [0.3, 0.4) is 0 Å². The number of ether oxygens (including phenoxy) is 2. The number of hydrogen-bond acceptors (Lipinski definition) is 4. The van der Waals surface area contributed by atoms with Crippen molar-refractivity contribution in [3.8, 4) is 5.75 Å². The molecule has 2 rings (SSSR count). The second-order valence-electron chi connectivity index (χ2n) is 5.29. The lowest BCUT2D eigenvalue weighted by Gasteiger charge is -2.34. The minimum absolute atomic E-state index is 0. The highest BCUT2D eigenvalue weighted by Crippen LogP contribution is 2.24. The van der Waals surface area contributed by atoms with Crippen molar-refractivity contribution in [2.45, 2.75) is 32.9 Å². The Morgan fingerprint density at radius 1 is 1.38 bits per heavy atom. The number of hydrogen-bond donors (Lipinski definition) is 1. The van der Waals surface area contributed by atoms with E-state index in [0.717, 1.165) is 12.5 Å². The summed E-state index contributed by atoms with van der Waals surface area (Å²) in [6.45, 7) is 5.36. The highest BCUT2D eigenvalue weighted by molar-refractivity contribution is 5.85. The van der Waals surface area contributed by atoms with Crippen molar-refractivity contribution in [1.82, 2.24) is 10.2 Å². The van der Waals surface area contributed by atoms with Crippen LogP contribution in [0.25, 0.3) is 0 Å². The van der Waals surface area contributed by atoms with Crippen LogP contribution in [0.4, 0.5) is 13.6 Å². The zero-order valence-electron chi connectivity index (χ0n) is 13.8. The Morgan fingerprint density at radius 2 is 2.12 bits per heavy atom. The van der Waals surface area contributed by atoms with E-state index in [0.29, 0.717) is 19.6 Å². The number of benzene rings is 1. The van der Waals surface area contributed by atoms with Crippen LogP contribution in [0, 0.1) is 11.6 Å². The Kier molecular flexibility index (Phi) is 8.21. The lowest BCUT2D eigenvalue weighted by Crippen LogP contribution is -2.53. The van der Waals surface area contributed by atoms with E-state index >= 15 is 0 Å². The first-order chi connectivity index (χ1) is 11.1. The van der Waals surface area contributed by atoms with Gasteiger partial charge in [-0.2, -0.15) is 0 Å². The molecule has 0 aromatic heterocycles. The maximum Gasteiger partial charge on any atom is 0.410 e. The van der Waals surface area contributed by atoms with Gasteiger partial charge in [0.25, 0.3) is 0 Å². The average Bonchev–Trinajstić information content (AvgIpc) is 2.57. The predicted molar refractivity (Wildman–Crippen MR) is 88.6 cm³/mol. The zero-order valence-corrected chi connectivity index (χ0v) is 14.6. The Balaban J connectivity index is 0.00000288. The Labute approximate surface area is 146 Å². The molecule has 1 heterocycles. The van der Waals surface area contributed by atoms with Gasteiger partial charge in [-0.3, -0.25) is 0 Å². The van der Waals surface area contributed by atoms with Gasteiger partial charge in [0.2, 0.25) is 0 Å². The number of halogens is 3.